The highest BCUT2D eigenvalue weighted by Gasteiger charge is 2.21. The SMILES string of the molecule is CCCCCCC1CCCCC(CCC)OC(=O)O1. The average Bonchev–Trinajstić information content (AvgIpc) is 2.46. The summed E-state index contributed by atoms with van der Waals surface area (Å²) in [7, 11) is 0. The second-order valence-electron chi connectivity index (χ2n) is 5.65. The first kappa shape index (κ1) is 16.3. The molecular weight excluding hydrogens is 240 g/mol. The molecule has 19 heavy (non-hydrogen) atoms. The lowest BCUT2D eigenvalue weighted by atomic mass is 10.0. The van der Waals surface area contributed by atoms with Crippen LogP contribution in [0.25, 0.3) is 0 Å². The largest absolute Gasteiger partial charge is 0.508 e. The summed E-state index contributed by atoms with van der Waals surface area (Å²) < 4.78 is 10.9. The van der Waals surface area contributed by atoms with Gasteiger partial charge in [-0.25, -0.2) is 4.79 Å². The van der Waals surface area contributed by atoms with Crippen molar-refractivity contribution in [2.24, 2.45) is 0 Å². The second kappa shape index (κ2) is 10.1. The molecule has 1 aliphatic heterocycles. The smallest absolute Gasteiger partial charge is 0.431 e. The molecule has 0 spiro atoms. The molecule has 1 saturated heterocycles. The molecule has 3 heteroatoms. The summed E-state index contributed by atoms with van der Waals surface area (Å²) in [6, 6.07) is 0. The number of carbonyl (C=O) groups is 1. The van der Waals surface area contributed by atoms with E-state index in [1.165, 1.54) is 19.3 Å². The molecular formula is C16H30O3. The Hall–Kier alpha value is -0.730. The number of hydrogen-bond acceptors (Lipinski definition) is 3. The lowest BCUT2D eigenvalue weighted by Gasteiger charge is -2.18. The highest BCUT2D eigenvalue weighted by molar-refractivity contribution is 5.60. The van der Waals surface area contributed by atoms with E-state index in [1.807, 2.05) is 0 Å². The molecule has 1 rings (SSSR count). The van der Waals surface area contributed by atoms with Crippen LogP contribution in [-0.4, -0.2) is 18.4 Å². The summed E-state index contributed by atoms with van der Waals surface area (Å²) >= 11 is 0. The predicted molar refractivity (Wildman–Crippen MR) is 77.3 cm³/mol. The van der Waals surface area contributed by atoms with Crippen LogP contribution in [0, 0.1) is 0 Å². The van der Waals surface area contributed by atoms with Crippen LogP contribution in [0.2, 0.25) is 0 Å². The third kappa shape index (κ3) is 7.44. The van der Waals surface area contributed by atoms with Crippen molar-refractivity contribution in [2.75, 3.05) is 0 Å². The number of hydrogen-bond donors (Lipinski definition) is 0. The summed E-state index contributed by atoms with van der Waals surface area (Å²) in [5, 5.41) is 0. The molecule has 0 bridgehead atoms. The predicted octanol–water partition coefficient (Wildman–Crippen LogP) is 5.22. The Morgan fingerprint density at radius 1 is 0.895 bits per heavy atom. The van der Waals surface area contributed by atoms with Gasteiger partial charge in [-0.3, -0.25) is 0 Å². The summed E-state index contributed by atoms with van der Waals surface area (Å²) in [6.45, 7) is 4.33. The van der Waals surface area contributed by atoms with Gasteiger partial charge in [0.25, 0.3) is 0 Å². The topological polar surface area (TPSA) is 35.5 Å². The van der Waals surface area contributed by atoms with Crippen LogP contribution in [0.3, 0.4) is 0 Å². The summed E-state index contributed by atoms with van der Waals surface area (Å²) in [5.41, 5.74) is 0. The van der Waals surface area contributed by atoms with Crippen molar-refractivity contribution in [1.82, 2.24) is 0 Å². The van der Waals surface area contributed by atoms with Gasteiger partial charge in [0, 0.05) is 0 Å². The normalized spacial score (nSPS) is 24.8. The van der Waals surface area contributed by atoms with E-state index in [-0.39, 0.29) is 12.2 Å². The van der Waals surface area contributed by atoms with Crippen LogP contribution in [0.1, 0.15) is 84.5 Å². The van der Waals surface area contributed by atoms with Crippen molar-refractivity contribution in [1.29, 1.82) is 0 Å². The van der Waals surface area contributed by atoms with E-state index in [4.69, 9.17) is 9.47 Å². The van der Waals surface area contributed by atoms with Crippen molar-refractivity contribution in [3.05, 3.63) is 0 Å². The lowest BCUT2D eigenvalue weighted by molar-refractivity contribution is -0.00455. The Balaban J connectivity index is 2.33. The maximum absolute atomic E-state index is 11.7. The molecule has 0 aliphatic carbocycles. The van der Waals surface area contributed by atoms with Crippen molar-refractivity contribution in [3.8, 4) is 0 Å². The van der Waals surface area contributed by atoms with Gasteiger partial charge in [-0.05, 0) is 44.9 Å². The van der Waals surface area contributed by atoms with Crippen LogP contribution in [-0.2, 0) is 9.47 Å². The first-order valence-corrected chi connectivity index (χ1v) is 8.13. The van der Waals surface area contributed by atoms with Gasteiger partial charge in [0.2, 0.25) is 0 Å². The monoisotopic (exact) mass is 270 g/mol. The Morgan fingerprint density at radius 3 is 2.11 bits per heavy atom. The molecule has 0 aromatic heterocycles. The Kier molecular flexibility index (Phi) is 8.68. The van der Waals surface area contributed by atoms with Crippen molar-refractivity contribution < 1.29 is 14.3 Å². The molecule has 0 radical (unpaired) electrons. The zero-order valence-electron chi connectivity index (χ0n) is 12.7. The van der Waals surface area contributed by atoms with E-state index in [9.17, 15) is 4.79 Å². The standard InChI is InChI=1S/C16H30O3/c1-3-5-6-7-11-15-13-9-8-12-14(10-4-2)18-16(17)19-15/h14-15H,3-13H2,1-2H3. The van der Waals surface area contributed by atoms with Crippen LogP contribution < -0.4 is 0 Å². The first-order valence-electron chi connectivity index (χ1n) is 8.13. The molecule has 0 saturated carbocycles. The number of rotatable bonds is 7. The average molecular weight is 270 g/mol. The van der Waals surface area contributed by atoms with Crippen LogP contribution in [0.4, 0.5) is 4.79 Å². The van der Waals surface area contributed by atoms with Crippen LogP contribution in [0.5, 0.6) is 0 Å². The highest BCUT2D eigenvalue weighted by atomic mass is 16.7. The number of unbranched alkanes of at least 4 members (excludes halogenated alkanes) is 3. The third-order valence-corrected chi connectivity index (χ3v) is 3.82. The zero-order chi connectivity index (χ0) is 13.9. The summed E-state index contributed by atoms with van der Waals surface area (Å²) in [6.07, 6.45) is 11.9. The van der Waals surface area contributed by atoms with Crippen molar-refractivity contribution >= 4 is 6.16 Å². The summed E-state index contributed by atoms with van der Waals surface area (Å²) in [4.78, 5) is 11.7. The van der Waals surface area contributed by atoms with Crippen molar-refractivity contribution in [2.45, 2.75) is 96.7 Å². The lowest BCUT2D eigenvalue weighted by Crippen LogP contribution is -2.22. The zero-order valence-corrected chi connectivity index (χ0v) is 12.7. The van der Waals surface area contributed by atoms with Gasteiger partial charge in [-0.1, -0.05) is 39.5 Å². The minimum Gasteiger partial charge on any atom is -0.431 e. The van der Waals surface area contributed by atoms with Crippen LogP contribution in [0.15, 0.2) is 0 Å². The fourth-order valence-corrected chi connectivity index (χ4v) is 2.69. The van der Waals surface area contributed by atoms with Gasteiger partial charge in [0.05, 0.1) is 0 Å². The van der Waals surface area contributed by atoms with Gasteiger partial charge in [0.15, 0.2) is 0 Å². The second-order valence-corrected chi connectivity index (χ2v) is 5.65. The number of ether oxygens (including phenoxy) is 2. The number of carbonyl (C=O) groups excluding carboxylic acids is 1. The molecule has 0 N–H and O–H groups in total. The molecule has 0 aromatic rings. The third-order valence-electron chi connectivity index (χ3n) is 3.82. The minimum absolute atomic E-state index is 0.0661. The highest BCUT2D eigenvalue weighted by Crippen LogP contribution is 2.21. The molecule has 2 unspecified atom stereocenters. The molecule has 112 valence electrons. The number of cyclic esters (lactones) is 2. The fraction of sp³-hybridized carbons (Fsp3) is 0.938. The van der Waals surface area contributed by atoms with Gasteiger partial charge in [-0.15, -0.1) is 0 Å². The first-order chi connectivity index (χ1) is 9.26. The van der Waals surface area contributed by atoms with E-state index >= 15 is 0 Å². The van der Waals surface area contributed by atoms with E-state index in [1.54, 1.807) is 0 Å². The Bertz CT molecular complexity index is 240. The van der Waals surface area contributed by atoms with Gasteiger partial charge in [0.1, 0.15) is 12.2 Å². The summed E-state index contributed by atoms with van der Waals surface area (Å²) in [5.74, 6) is 0. The maximum atomic E-state index is 11.7. The Labute approximate surface area is 118 Å². The molecule has 1 heterocycles. The van der Waals surface area contributed by atoms with Gasteiger partial charge < -0.3 is 9.47 Å². The van der Waals surface area contributed by atoms with E-state index < -0.39 is 6.16 Å². The van der Waals surface area contributed by atoms with E-state index in [2.05, 4.69) is 13.8 Å². The van der Waals surface area contributed by atoms with Crippen molar-refractivity contribution in [3.63, 3.8) is 0 Å². The molecule has 1 fully saturated rings. The quantitative estimate of drug-likeness (QED) is 0.470. The molecule has 1 aliphatic rings. The molecule has 0 aromatic carbocycles. The fourth-order valence-electron chi connectivity index (χ4n) is 2.69. The van der Waals surface area contributed by atoms with Gasteiger partial charge in [-0.2, -0.15) is 0 Å². The maximum Gasteiger partial charge on any atom is 0.508 e. The van der Waals surface area contributed by atoms with Crippen LogP contribution >= 0.6 is 0 Å². The molecule has 0 amide bonds. The minimum atomic E-state index is -0.444. The molecule has 3 nitrogen and oxygen atoms in total. The van der Waals surface area contributed by atoms with E-state index in [0.29, 0.717) is 0 Å². The molecule has 2 atom stereocenters. The van der Waals surface area contributed by atoms with E-state index in [0.717, 1.165) is 51.4 Å². The Morgan fingerprint density at radius 2 is 1.53 bits per heavy atom. The van der Waals surface area contributed by atoms with Gasteiger partial charge >= 0.3 is 6.16 Å².